The number of nitrogens with one attached hydrogen (secondary N) is 1. The van der Waals surface area contributed by atoms with E-state index in [9.17, 15) is 14.0 Å². The Bertz CT molecular complexity index is 842. The number of halogens is 1. The van der Waals surface area contributed by atoms with Crippen molar-refractivity contribution in [1.82, 2.24) is 20.1 Å². The third-order valence-electron chi connectivity index (χ3n) is 5.01. The summed E-state index contributed by atoms with van der Waals surface area (Å²) in [6.45, 7) is 3.09. The second-order valence-corrected chi connectivity index (χ2v) is 8.18. The van der Waals surface area contributed by atoms with E-state index in [4.69, 9.17) is 0 Å². The highest BCUT2D eigenvalue weighted by molar-refractivity contribution is 7.13. The molecule has 2 fully saturated rings. The molecule has 1 N–H and O–H groups in total. The number of carbonyl (C=O) groups is 2. The van der Waals surface area contributed by atoms with Crippen LogP contribution >= 0.6 is 11.3 Å². The Balaban J connectivity index is 1.25. The lowest BCUT2D eigenvalue weighted by molar-refractivity contribution is -0.132. The van der Waals surface area contributed by atoms with Crippen LogP contribution in [0.5, 0.6) is 0 Å². The first kappa shape index (κ1) is 19.0. The van der Waals surface area contributed by atoms with Gasteiger partial charge in [-0.3, -0.25) is 14.5 Å². The molecule has 1 saturated heterocycles. The van der Waals surface area contributed by atoms with Crippen molar-refractivity contribution in [3.8, 4) is 10.6 Å². The van der Waals surface area contributed by atoms with Crippen molar-refractivity contribution in [3.63, 3.8) is 0 Å². The lowest BCUT2D eigenvalue weighted by Gasteiger charge is -2.34. The molecule has 4 rings (SSSR count). The van der Waals surface area contributed by atoms with Gasteiger partial charge in [-0.25, -0.2) is 9.37 Å². The molecule has 2 heterocycles. The van der Waals surface area contributed by atoms with Crippen LogP contribution in [0.1, 0.15) is 18.5 Å². The van der Waals surface area contributed by atoms with Crippen LogP contribution in [0.3, 0.4) is 0 Å². The maximum absolute atomic E-state index is 13.0. The van der Waals surface area contributed by atoms with E-state index in [0.29, 0.717) is 38.8 Å². The minimum absolute atomic E-state index is 0.0537. The molecule has 2 amide bonds. The molecule has 2 aromatic rings. The maximum Gasteiger partial charge on any atom is 0.234 e. The summed E-state index contributed by atoms with van der Waals surface area (Å²) in [5.41, 5.74) is 1.59. The molecule has 1 aliphatic heterocycles. The molecule has 0 radical (unpaired) electrons. The number of hydrogen-bond donors (Lipinski definition) is 1. The van der Waals surface area contributed by atoms with E-state index in [0.717, 1.165) is 29.1 Å². The highest BCUT2D eigenvalue weighted by atomic mass is 32.1. The lowest BCUT2D eigenvalue weighted by Crippen LogP contribution is -2.51. The zero-order valence-electron chi connectivity index (χ0n) is 15.6. The van der Waals surface area contributed by atoms with E-state index >= 15 is 0 Å². The van der Waals surface area contributed by atoms with E-state index in [1.165, 1.54) is 23.5 Å². The molecule has 6 nitrogen and oxygen atoms in total. The molecule has 0 spiro atoms. The third-order valence-corrected chi connectivity index (χ3v) is 5.95. The first-order chi connectivity index (χ1) is 13.6. The van der Waals surface area contributed by atoms with Crippen LogP contribution in [0.15, 0.2) is 29.6 Å². The van der Waals surface area contributed by atoms with E-state index in [1.807, 2.05) is 10.3 Å². The molecule has 1 saturated carbocycles. The van der Waals surface area contributed by atoms with Crippen molar-refractivity contribution in [2.45, 2.75) is 25.3 Å². The summed E-state index contributed by atoms with van der Waals surface area (Å²) in [4.78, 5) is 32.9. The molecular weight excluding hydrogens is 379 g/mol. The molecule has 0 bridgehead atoms. The highest BCUT2D eigenvalue weighted by Crippen LogP contribution is 2.24. The zero-order chi connectivity index (χ0) is 19.5. The Labute approximate surface area is 167 Å². The first-order valence-electron chi connectivity index (χ1n) is 9.56. The second kappa shape index (κ2) is 8.36. The molecule has 2 aliphatic rings. The molecule has 1 aliphatic carbocycles. The van der Waals surface area contributed by atoms with Gasteiger partial charge in [0.1, 0.15) is 10.8 Å². The lowest BCUT2D eigenvalue weighted by atomic mass is 10.2. The van der Waals surface area contributed by atoms with Gasteiger partial charge in [0.25, 0.3) is 0 Å². The number of hydrogen-bond acceptors (Lipinski definition) is 5. The predicted molar refractivity (Wildman–Crippen MR) is 105 cm³/mol. The fourth-order valence-electron chi connectivity index (χ4n) is 3.24. The van der Waals surface area contributed by atoms with Gasteiger partial charge in [0, 0.05) is 43.2 Å². The molecule has 1 aromatic heterocycles. The van der Waals surface area contributed by atoms with Crippen molar-refractivity contribution >= 4 is 23.2 Å². The summed E-state index contributed by atoms with van der Waals surface area (Å²) >= 11 is 1.46. The number of aromatic nitrogens is 1. The normalized spacial score (nSPS) is 17.5. The fourth-order valence-corrected chi connectivity index (χ4v) is 4.07. The molecule has 0 atom stereocenters. The average Bonchev–Trinajstić information content (AvgIpc) is 3.37. The van der Waals surface area contributed by atoms with Gasteiger partial charge in [0.15, 0.2) is 0 Å². The summed E-state index contributed by atoms with van der Waals surface area (Å²) < 4.78 is 13.0. The largest absolute Gasteiger partial charge is 0.352 e. The number of nitrogens with zero attached hydrogens (tertiary/aromatic N) is 3. The summed E-state index contributed by atoms with van der Waals surface area (Å²) in [6, 6.07) is 6.59. The number of benzene rings is 1. The smallest absolute Gasteiger partial charge is 0.234 e. The fraction of sp³-hybridized carbons (Fsp3) is 0.450. The van der Waals surface area contributed by atoms with Gasteiger partial charge in [-0.2, -0.15) is 0 Å². The number of thiazole rings is 1. The van der Waals surface area contributed by atoms with Gasteiger partial charge in [-0.1, -0.05) is 0 Å². The van der Waals surface area contributed by atoms with Crippen LogP contribution in [-0.2, 0) is 16.0 Å². The van der Waals surface area contributed by atoms with Crippen molar-refractivity contribution in [3.05, 3.63) is 41.2 Å². The van der Waals surface area contributed by atoms with Crippen LogP contribution in [0.2, 0.25) is 0 Å². The molecule has 148 valence electrons. The highest BCUT2D eigenvalue weighted by Gasteiger charge is 2.26. The van der Waals surface area contributed by atoms with Gasteiger partial charge in [0.05, 0.1) is 18.7 Å². The van der Waals surface area contributed by atoms with Crippen molar-refractivity contribution in [2.75, 3.05) is 32.7 Å². The minimum atomic E-state index is -0.278. The topological polar surface area (TPSA) is 65.5 Å². The standard InChI is InChI=1S/C20H23FN4O2S/c21-15-3-1-14(2-4-15)20-23-17(13-28-20)11-19(27)25-9-7-24(8-10-25)12-18(26)22-16-5-6-16/h1-4,13,16H,5-12H2,(H,22,26). The monoisotopic (exact) mass is 402 g/mol. The van der Waals surface area contributed by atoms with Gasteiger partial charge < -0.3 is 10.2 Å². The van der Waals surface area contributed by atoms with Gasteiger partial charge in [0.2, 0.25) is 11.8 Å². The van der Waals surface area contributed by atoms with Gasteiger partial charge in [-0.05, 0) is 37.1 Å². The van der Waals surface area contributed by atoms with Crippen LogP contribution in [0, 0.1) is 5.82 Å². The summed E-state index contributed by atoms with van der Waals surface area (Å²) in [5, 5.41) is 5.67. The molecular formula is C20H23FN4O2S. The molecule has 1 aromatic carbocycles. The first-order valence-corrected chi connectivity index (χ1v) is 10.4. The van der Waals surface area contributed by atoms with Gasteiger partial charge >= 0.3 is 0 Å². The predicted octanol–water partition coefficient (Wildman–Crippen LogP) is 1.91. The molecule has 28 heavy (non-hydrogen) atoms. The molecule has 0 unspecified atom stereocenters. The average molecular weight is 402 g/mol. The third kappa shape index (κ3) is 4.94. The Morgan fingerprint density at radius 2 is 1.86 bits per heavy atom. The van der Waals surface area contributed by atoms with E-state index < -0.39 is 0 Å². The Hall–Kier alpha value is -2.32. The Kier molecular flexibility index (Phi) is 5.68. The number of amides is 2. The van der Waals surface area contributed by atoms with Crippen molar-refractivity contribution < 1.29 is 14.0 Å². The van der Waals surface area contributed by atoms with Crippen LogP contribution < -0.4 is 5.32 Å². The summed E-state index contributed by atoms with van der Waals surface area (Å²) in [5.74, 6) is -0.143. The number of rotatable bonds is 6. The number of carbonyl (C=O) groups excluding carboxylic acids is 2. The van der Waals surface area contributed by atoms with Crippen LogP contribution in [0.4, 0.5) is 4.39 Å². The maximum atomic E-state index is 13.0. The van der Waals surface area contributed by atoms with Crippen LogP contribution in [0.25, 0.3) is 10.6 Å². The van der Waals surface area contributed by atoms with Crippen LogP contribution in [-0.4, -0.2) is 65.4 Å². The van der Waals surface area contributed by atoms with E-state index in [-0.39, 0.29) is 24.1 Å². The van der Waals surface area contributed by atoms with E-state index in [2.05, 4.69) is 15.2 Å². The van der Waals surface area contributed by atoms with Crippen molar-refractivity contribution in [2.24, 2.45) is 0 Å². The van der Waals surface area contributed by atoms with E-state index in [1.54, 1.807) is 12.1 Å². The number of piperazine rings is 1. The SMILES string of the molecule is O=C(CN1CCN(C(=O)Cc2csc(-c3ccc(F)cc3)n2)CC1)NC1CC1. The summed E-state index contributed by atoms with van der Waals surface area (Å²) in [6.07, 6.45) is 2.45. The second-order valence-electron chi connectivity index (χ2n) is 7.33. The quantitative estimate of drug-likeness (QED) is 0.802. The van der Waals surface area contributed by atoms with Crippen molar-refractivity contribution in [1.29, 1.82) is 0 Å². The van der Waals surface area contributed by atoms with Gasteiger partial charge in [-0.15, -0.1) is 11.3 Å². The molecule has 8 heteroatoms. The Morgan fingerprint density at radius 3 is 2.54 bits per heavy atom. The Morgan fingerprint density at radius 1 is 1.14 bits per heavy atom. The minimum Gasteiger partial charge on any atom is -0.352 e. The summed E-state index contributed by atoms with van der Waals surface area (Å²) in [7, 11) is 0. The zero-order valence-corrected chi connectivity index (χ0v) is 16.4.